The van der Waals surface area contributed by atoms with Crippen LogP contribution in [-0.2, 0) is 19.1 Å². The van der Waals surface area contributed by atoms with Crippen LogP contribution in [0.1, 0.15) is 36.3 Å². The summed E-state index contributed by atoms with van der Waals surface area (Å²) in [6.45, 7) is 1.29. The lowest BCUT2D eigenvalue weighted by atomic mass is 9.98. The lowest BCUT2D eigenvalue weighted by Gasteiger charge is -2.32. The predicted molar refractivity (Wildman–Crippen MR) is 121 cm³/mol. The summed E-state index contributed by atoms with van der Waals surface area (Å²) < 4.78 is 11.0. The first kappa shape index (κ1) is 22.8. The molecule has 1 fully saturated rings. The number of likely N-dealkylation sites (tertiary alicyclic amines) is 1. The molecule has 8 heteroatoms. The molecule has 0 bridgehead atoms. The molecule has 1 saturated heterocycles. The number of amides is 2. The Morgan fingerprint density at radius 2 is 1.58 bits per heavy atom. The average Bonchev–Trinajstić information content (AvgIpc) is 3.15. The Labute approximate surface area is 192 Å². The fraction of sp³-hybridized carbons (Fsp3) is 0.400. The minimum Gasteiger partial charge on any atom is -0.481 e. The van der Waals surface area contributed by atoms with Gasteiger partial charge < -0.3 is 24.8 Å². The monoisotopic (exact) mass is 452 g/mol. The van der Waals surface area contributed by atoms with E-state index < -0.39 is 12.1 Å². The molecule has 2 aromatic carbocycles. The van der Waals surface area contributed by atoms with E-state index in [2.05, 4.69) is 29.6 Å². The molecule has 1 aliphatic heterocycles. The second-order valence-corrected chi connectivity index (χ2v) is 8.27. The maximum Gasteiger partial charge on any atom is 0.407 e. The van der Waals surface area contributed by atoms with Gasteiger partial charge in [0, 0.05) is 19.0 Å². The van der Waals surface area contributed by atoms with Crippen LogP contribution in [0.3, 0.4) is 0 Å². The number of piperidine rings is 1. The predicted octanol–water partition coefficient (Wildman–Crippen LogP) is 3.01. The Morgan fingerprint density at radius 3 is 2.18 bits per heavy atom. The van der Waals surface area contributed by atoms with Crippen LogP contribution < -0.4 is 5.32 Å². The van der Waals surface area contributed by atoms with Crippen LogP contribution >= 0.6 is 0 Å². The van der Waals surface area contributed by atoms with Crippen molar-refractivity contribution in [2.24, 2.45) is 0 Å². The van der Waals surface area contributed by atoms with Crippen molar-refractivity contribution in [3.63, 3.8) is 0 Å². The first-order chi connectivity index (χ1) is 16.0. The van der Waals surface area contributed by atoms with Gasteiger partial charge in [-0.05, 0) is 35.1 Å². The van der Waals surface area contributed by atoms with E-state index in [9.17, 15) is 14.4 Å². The molecule has 8 nitrogen and oxygen atoms in total. The molecule has 0 aromatic heterocycles. The summed E-state index contributed by atoms with van der Waals surface area (Å²) in [4.78, 5) is 36.9. The molecule has 0 radical (unpaired) electrons. The normalized spacial score (nSPS) is 15.6. The SMILES string of the molecule is O=C(O)CCOC1CCN(C(=O)CNC(=O)OCC2c3ccccc3-c3ccccc32)CC1. The lowest BCUT2D eigenvalue weighted by molar-refractivity contribution is -0.139. The van der Waals surface area contributed by atoms with Gasteiger partial charge in [0.05, 0.1) is 19.1 Å². The minimum absolute atomic E-state index is 0.0246. The molecule has 1 aliphatic carbocycles. The van der Waals surface area contributed by atoms with Crippen molar-refractivity contribution in [2.75, 3.05) is 32.8 Å². The molecule has 4 rings (SSSR count). The molecule has 2 N–H and O–H groups in total. The van der Waals surface area contributed by atoms with Crippen LogP contribution in [0.2, 0.25) is 0 Å². The van der Waals surface area contributed by atoms with Crippen LogP contribution in [0.25, 0.3) is 11.1 Å². The minimum atomic E-state index is -0.887. The Morgan fingerprint density at radius 1 is 0.970 bits per heavy atom. The molecule has 0 unspecified atom stereocenters. The Kier molecular flexibility index (Phi) is 7.24. The molecule has 174 valence electrons. The van der Waals surface area contributed by atoms with Crippen molar-refractivity contribution >= 4 is 18.0 Å². The topological polar surface area (TPSA) is 105 Å². The summed E-state index contributed by atoms with van der Waals surface area (Å²) in [6.07, 6.45) is 0.621. The zero-order valence-corrected chi connectivity index (χ0v) is 18.4. The molecule has 2 aromatic rings. The third-order valence-corrected chi connectivity index (χ3v) is 6.19. The number of aliphatic carboxylic acids is 1. The van der Waals surface area contributed by atoms with E-state index >= 15 is 0 Å². The van der Waals surface area contributed by atoms with Gasteiger partial charge >= 0.3 is 12.1 Å². The van der Waals surface area contributed by atoms with Crippen molar-refractivity contribution < 1.29 is 29.0 Å². The van der Waals surface area contributed by atoms with Gasteiger partial charge in [0.2, 0.25) is 5.91 Å². The van der Waals surface area contributed by atoms with Gasteiger partial charge in [-0.2, -0.15) is 0 Å². The second kappa shape index (κ2) is 10.5. The fourth-order valence-corrected chi connectivity index (χ4v) is 4.49. The van der Waals surface area contributed by atoms with Gasteiger partial charge in [0.25, 0.3) is 0 Å². The molecule has 2 aliphatic rings. The fourth-order valence-electron chi connectivity index (χ4n) is 4.49. The van der Waals surface area contributed by atoms with Crippen molar-refractivity contribution in [3.8, 4) is 11.1 Å². The van der Waals surface area contributed by atoms with Crippen molar-refractivity contribution in [3.05, 3.63) is 59.7 Å². The molecule has 33 heavy (non-hydrogen) atoms. The maximum atomic E-state index is 12.4. The quantitative estimate of drug-likeness (QED) is 0.638. The van der Waals surface area contributed by atoms with Crippen LogP contribution in [0.15, 0.2) is 48.5 Å². The summed E-state index contributed by atoms with van der Waals surface area (Å²) in [7, 11) is 0. The van der Waals surface area contributed by atoms with Crippen molar-refractivity contribution in [1.29, 1.82) is 0 Å². The number of carbonyl (C=O) groups excluding carboxylic acids is 2. The van der Waals surface area contributed by atoms with E-state index in [4.69, 9.17) is 14.6 Å². The van der Waals surface area contributed by atoms with Gasteiger partial charge in [-0.25, -0.2) is 4.79 Å². The Hall–Kier alpha value is -3.39. The average molecular weight is 453 g/mol. The zero-order chi connectivity index (χ0) is 23.2. The number of carboxylic acid groups (broad SMARTS) is 1. The van der Waals surface area contributed by atoms with Crippen molar-refractivity contribution in [1.82, 2.24) is 10.2 Å². The van der Waals surface area contributed by atoms with Crippen molar-refractivity contribution in [2.45, 2.75) is 31.3 Å². The molecule has 1 heterocycles. The number of rotatable bonds is 8. The highest BCUT2D eigenvalue weighted by Gasteiger charge is 2.29. The van der Waals surface area contributed by atoms with Crippen LogP contribution in [0.5, 0.6) is 0 Å². The molecule has 2 amide bonds. The number of nitrogens with zero attached hydrogens (tertiary/aromatic N) is 1. The smallest absolute Gasteiger partial charge is 0.407 e. The summed E-state index contributed by atoms with van der Waals surface area (Å²) in [5.74, 6) is -1.09. The number of carboxylic acids is 1. The first-order valence-electron chi connectivity index (χ1n) is 11.2. The summed E-state index contributed by atoms with van der Waals surface area (Å²) in [6, 6.07) is 16.2. The second-order valence-electron chi connectivity index (χ2n) is 8.27. The van der Waals surface area contributed by atoms with E-state index in [1.807, 2.05) is 24.3 Å². The third kappa shape index (κ3) is 5.51. The Balaban J connectivity index is 1.21. The highest BCUT2D eigenvalue weighted by Crippen LogP contribution is 2.44. The summed E-state index contributed by atoms with van der Waals surface area (Å²) >= 11 is 0. The first-order valence-corrected chi connectivity index (χ1v) is 11.2. The molecular weight excluding hydrogens is 424 g/mol. The van der Waals surface area contributed by atoms with E-state index in [0.29, 0.717) is 25.9 Å². The van der Waals surface area contributed by atoms with Crippen LogP contribution in [0.4, 0.5) is 4.79 Å². The highest BCUT2D eigenvalue weighted by molar-refractivity contribution is 5.82. The maximum absolute atomic E-state index is 12.4. The molecule has 0 saturated carbocycles. The number of fused-ring (bicyclic) bond motifs is 3. The number of nitrogens with one attached hydrogen (secondary N) is 1. The number of benzene rings is 2. The van der Waals surface area contributed by atoms with E-state index in [1.165, 1.54) is 0 Å². The van der Waals surface area contributed by atoms with Gasteiger partial charge in [0.1, 0.15) is 13.2 Å². The zero-order valence-electron chi connectivity index (χ0n) is 18.4. The number of carbonyl (C=O) groups is 3. The number of alkyl carbamates (subject to hydrolysis) is 1. The number of ether oxygens (including phenoxy) is 2. The third-order valence-electron chi connectivity index (χ3n) is 6.19. The van der Waals surface area contributed by atoms with E-state index in [-0.39, 0.29) is 44.1 Å². The van der Waals surface area contributed by atoms with Crippen LogP contribution in [-0.4, -0.2) is 66.9 Å². The van der Waals surface area contributed by atoms with E-state index in [0.717, 1.165) is 22.3 Å². The molecule has 0 spiro atoms. The standard InChI is InChI=1S/C25H28N2O6/c28-23(27-12-9-17(10-13-27)32-14-11-24(29)30)15-26-25(31)33-16-22-20-7-3-1-5-18(20)19-6-2-4-8-21(19)22/h1-8,17,22H,9-16H2,(H,26,31)(H,29,30). The largest absolute Gasteiger partial charge is 0.481 e. The van der Waals surface area contributed by atoms with E-state index in [1.54, 1.807) is 4.90 Å². The van der Waals surface area contributed by atoms with Gasteiger partial charge in [-0.3, -0.25) is 9.59 Å². The lowest BCUT2D eigenvalue weighted by Crippen LogP contribution is -2.45. The summed E-state index contributed by atoms with van der Waals surface area (Å²) in [5.41, 5.74) is 4.59. The van der Waals surface area contributed by atoms with Gasteiger partial charge in [-0.1, -0.05) is 48.5 Å². The number of hydrogen-bond acceptors (Lipinski definition) is 5. The molecular formula is C25H28N2O6. The van der Waals surface area contributed by atoms with Crippen LogP contribution in [0, 0.1) is 0 Å². The number of hydrogen-bond donors (Lipinski definition) is 2. The summed E-state index contributed by atoms with van der Waals surface area (Å²) in [5, 5.41) is 11.2. The molecule has 0 atom stereocenters. The van der Waals surface area contributed by atoms with Gasteiger partial charge in [-0.15, -0.1) is 0 Å². The highest BCUT2D eigenvalue weighted by atomic mass is 16.5. The Bertz CT molecular complexity index is 970. The van der Waals surface area contributed by atoms with Gasteiger partial charge in [0.15, 0.2) is 0 Å².